The summed E-state index contributed by atoms with van der Waals surface area (Å²) in [5, 5.41) is 8.87. The van der Waals surface area contributed by atoms with Crippen LogP contribution in [0.2, 0.25) is 0 Å². The first-order valence-corrected chi connectivity index (χ1v) is 5.18. The van der Waals surface area contributed by atoms with Gasteiger partial charge in [-0.15, -0.1) is 0 Å². The van der Waals surface area contributed by atoms with Crippen molar-refractivity contribution in [1.82, 2.24) is 0 Å². The minimum Gasteiger partial charge on any atom is -0.464 e. The van der Waals surface area contributed by atoms with E-state index in [1.54, 1.807) is 0 Å². The van der Waals surface area contributed by atoms with Gasteiger partial charge in [0, 0.05) is 5.92 Å². The summed E-state index contributed by atoms with van der Waals surface area (Å²) in [6.07, 6.45) is 2.13. The number of nitrogens with two attached hydrogens (primary N) is 1. The number of aliphatic hydroxyl groups excluding tert-OH is 1. The summed E-state index contributed by atoms with van der Waals surface area (Å²) in [7, 11) is 0. The Bertz CT molecular complexity index is 266. The second-order valence-electron chi connectivity index (χ2n) is 3.54. The fourth-order valence-electron chi connectivity index (χ4n) is 1.57. The van der Waals surface area contributed by atoms with E-state index in [1.165, 1.54) is 0 Å². The molecule has 3 N–H and O–H groups in total. The van der Waals surface area contributed by atoms with E-state index >= 15 is 0 Å². The van der Waals surface area contributed by atoms with Crippen LogP contribution in [0.15, 0.2) is 16.5 Å². The summed E-state index contributed by atoms with van der Waals surface area (Å²) >= 11 is 0. The van der Waals surface area contributed by atoms with Gasteiger partial charge in [-0.05, 0) is 25.0 Å². The van der Waals surface area contributed by atoms with E-state index in [0.29, 0.717) is 11.7 Å². The van der Waals surface area contributed by atoms with Gasteiger partial charge in [-0.3, -0.25) is 0 Å². The van der Waals surface area contributed by atoms with Gasteiger partial charge in [-0.1, -0.05) is 13.8 Å². The van der Waals surface area contributed by atoms with Gasteiger partial charge in [0.2, 0.25) is 0 Å². The largest absolute Gasteiger partial charge is 0.464 e. The van der Waals surface area contributed by atoms with Crippen molar-refractivity contribution >= 4 is 0 Å². The molecular formula is C11H19NO2. The highest BCUT2D eigenvalue weighted by Crippen LogP contribution is 2.26. The molecule has 1 aromatic heterocycles. The van der Waals surface area contributed by atoms with Gasteiger partial charge >= 0.3 is 0 Å². The molecule has 0 fully saturated rings. The average molecular weight is 197 g/mol. The summed E-state index contributed by atoms with van der Waals surface area (Å²) in [6, 6.07) is 3.43. The smallest absolute Gasteiger partial charge is 0.123 e. The van der Waals surface area contributed by atoms with Crippen LogP contribution in [0.25, 0.3) is 0 Å². The predicted molar refractivity (Wildman–Crippen MR) is 56.0 cm³/mol. The lowest BCUT2D eigenvalue weighted by molar-refractivity contribution is 0.248. The van der Waals surface area contributed by atoms with Crippen LogP contribution >= 0.6 is 0 Å². The molecule has 0 aliphatic rings. The summed E-state index contributed by atoms with van der Waals surface area (Å²) in [6.45, 7) is 4.21. The normalized spacial score (nSPS) is 13.5. The minimum absolute atomic E-state index is 0.0735. The molecule has 0 bridgehead atoms. The van der Waals surface area contributed by atoms with Crippen molar-refractivity contribution in [1.29, 1.82) is 0 Å². The molecule has 0 aromatic carbocycles. The Morgan fingerprint density at radius 2 is 1.86 bits per heavy atom. The Morgan fingerprint density at radius 1 is 1.29 bits per heavy atom. The molecule has 14 heavy (non-hydrogen) atoms. The zero-order valence-electron chi connectivity index (χ0n) is 8.86. The van der Waals surface area contributed by atoms with Crippen LogP contribution in [0.4, 0.5) is 0 Å². The van der Waals surface area contributed by atoms with Crippen LogP contribution in [0.1, 0.15) is 50.2 Å². The molecule has 3 nitrogen and oxygen atoms in total. The summed E-state index contributed by atoms with van der Waals surface area (Å²) in [4.78, 5) is 0. The fraction of sp³-hybridized carbons (Fsp3) is 0.636. The average Bonchev–Trinajstić information content (AvgIpc) is 2.68. The van der Waals surface area contributed by atoms with Crippen molar-refractivity contribution in [2.45, 2.75) is 38.6 Å². The maximum atomic E-state index is 8.87. The van der Waals surface area contributed by atoms with Gasteiger partial charge < -0.3 is 15.3 Å². The van der Waals surface area contributed by atoms with Crippen molar-refractivity contribution in [2.24, 2.45) is 5.73 Å². The Kier molecular flexibility index (Phi) is 4.17. The molecule has 1 heterocycles. The van der Waals surface area contributed by atoms with E-state index in [4.69, 9.17) is 15.3 Å². The highest BCUT2D eigenvalue weighted by Gasteiger charge is 2.14. The molecule has 3 heteroatoms. The third-order valence-electron chi connectivity index (χ3n) is 2.60. The molecular weight excluding hydrogens is 178 g/mol. The topological polar surface area (TPSA) is 59.4 Å². The lowest BCUT2D eigenvalue weighted by Crippen LogP contribution is -2.13. The highest BCUT2D eigenvalue weighted by atomic mass is 16.3. The zero-order chi connectivity index (χ0) is 10.6. The Labute approximate surface area is 84.9 Å². The first kappa shape index (κ1) is 11.3. The van der Waals surface area contributed by atoms with Crippen molar-refractivity contribution in [3.63, 3.8) is 0 Å². The number of hydrogen-bond donors (Lipinski definition) is 2. The van der Waals surface area contributed by atoms with E-state index in [-0.39, 0.29) is 6.61 Å². The number of hydrogen-bond acceptors (Lipinski definition) is 3. The van der Waals surface area contributed by atoms with E-state index in [1.807, 2.05) is 12.1 Å². The zero-order valence-corrected chi connectivity index (χ0v) is 8.86. The van der Waals surface area contributed by atoms with Gasteiger partial charge in [0.15, 0.2) is 0 Å². The fourth-order valence-corrected chi connectivity index (χ4v) is 1.57. The van der Waals surface area contributed by atoms with Crippen molar-refractivity contribution in [2.75, 3.05) is 6.61 Å². The van der Waals surface area contributed by atoms with Gasteiger partial charge in [-0.25, -0.2) is 0 Å². The molecule has 0 radical (unpaired) electrons. The van der Waals surface area contributed by atoms with Gasteiger partial charge in [0.25, 0.3) is 0 Å². The Morgan fingerprint density at radius 3 is 2.36 bits per heavy atom. The SMILES string of the molecule is CCC(CC)c1ccc(C(N)CO)o1. The molecule has 1 aromatic rings. The molecule has 0 aliphatic carbocycles. The molecule has 0 saturated carbocycles. The van der Waals surface area contributed by atoms with E-state index in [9.17, 15) is 0 Å². The first-order valence-electron chi connectivity index (χ1n) is 5.18. The molecule has 1 unspecified atom stereocenters. The number of furan rings is 1. The Hall–Kier alpha value is -0.800. The Balaban J connectivity index is 2.76. The molecule has 0 saturated heterocycles. The monoisotopic (exact) mass is 197 g/mol. The second-order valence-corrected chi connectivity index (χ2v) is 3.54. The van der Waals surface area contributed by atoms with Crippen molar-refractivity contribution in [3.05, 3.63) is 23.7 Å². The van der Waals surface area contributed by atoms with Crippen LogP contribution in [-0.2, 0) is 0 Å². The van der Waals surface area contributed by atoms with E-state index < -0.39 is 6.04 Å². The third kappa shape index (κ3) is 2.36. The number of aliphatic hydroxyl groups is 1. The van der Waals surface area contributed by atoms with Crippen molar-refractivity contribution < 1.29 is 9.52 Å². The molecule has 1 atom stereocenters. The van der Waals surface area contributed by atoms with E-state index in [2.05, 4.69) is 13.8 Å². The van der Waals surface area contributed by atoms with Crippen LogP contribution in [0.5, 0.6) is 0 Å². The number of rotatable bonds is 5. The summed E-state index contributed by atoms with van der Waals surface area (Å²) in [5.41, 5.74) is 5.65. The molecule has 0 aliphatic heterocycles. The van der Waals surface area contributed by atoms with Crippen LogP contribution < -0.4 is 5.73 Å². The first-order chi connectivity index (χ1) is 6.72. The quantitative estimate of drug-likeness (QED) is 0.760. The van der Waals surface area contributed by atoms with Crippen LogP contribution in [0.3, 0.4) is 0 Å². The molecule has 1 rings (SSSR count). The summed E-state index contributed by atoms with van der Waals surface area (Å²) < 4.78 is 5.60. The minimum atomic E-state index is -0.391. The van der Waals surface area contributed by atoms with Gasteiger partial charge in [0.1, 0.15) is 11.5 Å². The molecule has 0 amide bonds. The third-order valence-corrected chi connectivity index (χ3v) is 2.60. The van der Waals surface area contributed by atoms with Crippen LogP contribution in [-0.4, -0.2) is 11.7 Å². The molecule has 80 valence electrons. The van der Waals surface area contributed by atoms with Crippen LogP contribution in [0, 0.1) is 0 Å². The van der Waals surface area contributed by atoms with Gasteiger partial charge in [0.05, 0.1) is 12.6 Å². The lowest BCUT2D eigenvalue weighted by atomic mass is 10.0. The maximum Gasteiger partial charge on any atom is 0.123 e. The summed E-state index contributed by atoms with van der Waals surface area (Å²) in [5.74, 6) is 2.12. The second kappa shape index (κ2) is 5.17. The van der Waals surface area contributed by atoms with Crippen molar-refractivity contribution in [3.8, 4) is 0 Å². The lowest BCUT2D eigenvalue weighted by Gasteiger charge is -2.09. The predicted octanol–water partition coefficient (Wildman–Crippen LogP) is 2.18. The highest BCUT2D eigenvalue weighted by molar-refractivity contribution is 5.13. The van der Waals surface area contributed by atoms with Gasteiger partial charge in [-0.2, -0.15) is 0 Å². The molecule has 0 spiro atoms. The maximum absolute atomic E-state index is 8.87. The van der Waals surface area contributed by atoms with E-state index in [0.717, 1.165) is 18.6 Å². The standard InChI is InChI=1S/C11H19NO2/c1-3-8(4-2)10-5-6-11(14-10)9(12)7-13/h5-6,8-9,13H,3-4,7,12H2,1-2H3.